The molecule has 0 saturated carbocycles. The molecule has 0 spiro atoms. The first kappa shape index (κ1) is 9.80. The Kier molecular flexibility index (Phi) is 6.78. The van der Waals surface area contributed by atoms with E-state index in [1.807, 2.05) is 0 Å². The van der Waals surface area contributed by atoms with Gasteiger partial charge < -0.3 is 18.3 Å². The van der Waals surface area contributed by atoms with Gasteiger partial charge in [-0.05, 0) is 0 Å². The Bertz CT molecular complexity index is 85.3. The molecule has 0 aromatic heterocycles. The van der Waals surface area contributed by atoms with Crippen LogP contribution < -0.4 is 0 Å². The maximum absolute atomic E-state index is 8.00. The van der Waals surface area contributed by atoms with Crippen molar-refractivity contribution in [3.63, 3.8) is 0 Å². The highest BCUT2D eigenvalue weighted by molar-refractivity contribution is 9.06. The molecule has 0 radical (unpaired) electrons. The van der Waals surface area contributed by atoms with E-state index in [0.29, 0.717) is 6.79 Å². The highest BCUT2D eigenvalue weighted by atomic mass is 79.9. The van der Waals surface area contributed by atoms with Gasteiger partial charge in [-0.15, -0.1) is 5.34 Å². The van der Waals surface area contributed by atoms with Crippen LogP contribution in [-0.2, 0) is 8.20 Å². The molecule has 5 nitrogen and oxygen atoms in total. The fraction of sp³-hybridized carbons (Fsp3) is 1.00. The van der Waals surface area contributed by atoms with Gasteiger partial charge in [-0.2, -0.15) is 0 Å². The van der Waals surface area contributed by atoms with Crippen LogP contribution >= 0.6 is 16.3 Å². The Balaban J connectivity index is 0.000000236. The molecule has 1 aliphatic heterocycles. The zero-order valence-electron chi connectivity index (χ0n) is 5.29. The Morgan fingerprint density at radius 2 is 2.30 bits per heavy atom. The van der Waals surface area contributed by atoms with Crippen LogP contribution in [0.15, 0.2) is 5.34 Å². The van der Waals surface area contributed by atoms with Gasteiger partial charge in [0, 0.05) is 6.42 Å². The molecule has 0 unspecified atom stereocenters. The van der Waals surface area contributed by atoms with E-state index in [1.54, 1.807) is 0 Å². The molecule has 0 atom stereocenters. The molecule has 1 saturated heterocycles. The van der Waals surface area contributed by atoms with Gasteiger partial charge in [-0.3, -0.25) is 0 Å². The predicted octanol–water partition coefficient (Wildman–Crippen LogP) is 1.48. The molecule has 0 N–H and O–H groups in total. The highest BCUT2D eigenvalue weighted by Gasteiger charge is 2.10. The first-order chi connectivity index (χ1) is 4.81. The topological polar surface area (TPSA) is 64.4 Å². The van der Waals surface area contributed by atoms with Crippen LogP contribution in [0.3, 0.4) is 0 Å². The summed E-state index contributed by atoms with van der Waals surface area (Å²) in [5, 5.41) is 9.00. The SMILES string of the molecule is Br[O+]1CCCOC1.O=N[O-]. The minimum atomic E-state index is 0.653. The summed E-state index contributed by atoms with van der Waals surface area (Å²) < 4.78 is 7.68. The smallest absolute Gasteiger partial charge is 0.374 e. The van der Waals surface area contributed by atoms with Crippen molar-refractivity contribution in [2.75, 3.05) is 20.0 Å². The van der Waals surface area contributed by atoms with Crippen molar-refractivity contribution in [3.05, 3.63) is 10.1 Å². The maximum atomic E-state index is 8.00. The molecular weight excluding hydrogens is 206 g/mol. The van der Waals surface area contributed by atoms with Crippen molar-refractivity contribution in [1.82, 2.24) is 0 Å². The van der Waals surface area contributed by atoms with E-state index in [0.717, 1.165) is 25.0 Å². The lowest BCUT2D eigenvalue weighted by Gasteiger charge is -2.13. The summed E-state index contributed by atoms with van der Waals surface area (Å²) in [7, 11) is 0. The number of rotatable bonds is 0. The van der Waals surface area contributed by atoms with E-state index in [2.05, 4.69) is 19.7 Å². The van der Waals surface area contributed by atoms with Gasteiger partial charge in [0.25, 0.3) is 6.79 Å². The fourth-order valence-electron chi connectivity index (χ4n) is 0.526. The monoisotopic (exact) mass is 213 g/mol. The van der Waals surface area contributed by atoms with Gasteiger partial charge in [0.2, 0.25) is 0 Å². The summed E-state index contributed by atoms with van der Waals surface area (Å²) in [4.78, 5) is 8.00. The molecule has 60 valence electrons. The van der Waals surface area contributed by atoms with Crippen molar-refractivity contribution in [2.24, 2.45) is 5.34 Å². The number of hydrogen-bond donors (Lipinski definition) is 0. The average Bonchev–Trinajstić information content (AvgIpc) is 1.91. The zero-order valence-corrected chi connectivity index (χ0v) is 6.87. The van der Waals surface area contributed by atoms with E-state index < -0.39 is 0 Å². The summed E-state index contributed by atoms with van der Waals surface area (Å²) in [6.07, 6.45) is 1.11. The molecule has 1 fully saturated rings. The quantitative estimate of drug-likeness (QED) is 0.348. The van der Waals surface area contributed by atoms with Crippen LogP contribution in [0.1, 0.15) is 6.42 Å². The van der Waals surface area contributed by atoms with Crippen molar-refractivity contribution >= 4 is 16.3 Å². The molecule has 0 aromatic carbocycles. The second kappa shape index (κ2) is 6.91. The molecule has 1 heterocycles. The van der Waals surface area contributed by atoms with Gasteiger partial charge in [0.05, 0.1) is 6.61 Å². The lowest BCUT2D eigenvalue weighted by atomic mass is 10.5. The van der Waals surface area contributed by atoms with Crippen molar-refractivity contribution in [1.29, 1.82) is 0 Å². The standard InChI is InChI=1S/C4H8BrO2.HNO2/c5-7-3-1-2-6-4-7;2-1-3/h1-4H2;(H,2,3)/q+1;/p-1. The Morgan fingerprint density at radius 3 is 2.50 bits per heavy atom. The average molecular weight is 214 g/mol. The molecular formula is C4H8BrNO4. The molecule has 0 aliphatic carbocycles. The van der Waals surface area contributed by atoms with Crippen molar-refractivity contribution in [3.8, 4) is 0 Å². The number of nitrogens with zero attached hydrogens (tertiary/aromatic N) is 1. The van der Waals surface area contributed by atoms with Crippen LogP contribution in [-0.4, -0.2) is 20.0 Å². The number of hydrogen-bond acceptors (Lipinski definition) is 4. The van der Waals surface area contributed by atoms with Crippen LogP contribution in [0.5, 0.6) is 0 Å². The van der Waals surface area contributed by atoms with Gasteiger partial charge in [-0.1, -0.05) is 0 Å². The second-order valence-electron chi connectivity index (χ2n) is 1.58. The van der Waals surface area contributed by atoms with Gasteiger partial charge >= 0.3 is 16.3 Å². The van der Waals surface area contributed by atoms with Gasteiger partial charge in [0.15, 0.2) is 6.61 Å². The summed E-state index contributed by atoms with van der Waals surface area (Å²) in [6, 6.07) is 0. The predicted molar refractivity (Wildman–Crippen MR) is 39.5 cm³/mol. The maximum Gasteiger partial charge on any atom is 0.374 e. The van der Waals surface area contributed by atoms with E-state index in [4.69, 9.17) is 14.9 Å². The summed E-state index contributed by atoms with van der Waals surface area (Å²) in [5.41, 5.74) is 0. The Labute approximate surface area is 67.0 Å². The third kappa shape index (κ3) is 5.93. The minimum absolute atomic E-state index is 0.653. The molecule has 1 rings (SSSR count). The number of ether oxygens (including phenoxy) is 1. The third-order valence-electron chi connectivity index (χ3n) is 0.866. The fourth-order valence-corrected chi connectivity index (χ4v) is 0.887. The highest BCUT2D eigenvalue weighted by Crippen LogP contribution is 2.10. The van der Waals surface area contributed by atoms with E-state index >= 15 is 0 Å². The van der Waals surface area contributed by atoms with Crippen LogP contribution in [0, 0.1) is 10.1 Å². The van der Waals surface area contributed by atoms with E-state index in [-0.39, 0.29) is 0 Å². The molecule has 0 aromatic rings. The molecule has 0 amide bonds. The Morgan fingerprint density at radius 1 is 1.70 bits per heavy atom. The summed E-state index contributed by atoms with van der Waals surface area (Å²) in [6.45, 7) is 2.58. The summed E-state index contributed by atoms with van der Waals surface area (Å²) >= 11 is 3.21. The van der Waals surface area contributed by atoms with E-state index in [9.17, 15) is 0 Å². The van der Waals surface area contributed by atoms with Crippen LogP contribution in [0.2, 0.25) is 0 Å². The first-order valence-corrected chi connectivity index (χ1v) is 3.32. The van der Waals surface area contributed by atoms with Gasteiger partial charge in [0.1, 0.15) is 0 Å². The minimum Gasteiger partial charge on any atom is -0.444 e. The van der Waals surface area contributed by atoms with Gasteiger partial charge in [-0.25, -0.2) is 0 Å². The van der Waals surface area contributed by atoms with Crippen molar-refractivity contribution in [2.45, 2.75) is 6.42 Å². The number of halogens is 1. The molecule has 6 heteroatoms. The lowest BCUT2D eigenvalue weighted by Crippen LogP contribution is -2.17. The Hall–Kier alpha value is -0.200. The van der Waals surface area contributed by atoms with Crippen LogP contribution in [0.4, 0.5) is 0 Å². The lowest BCUT2D eigenvalue weighted by molar-refractivity contribution is -0.135. The first-order valence-electron chi connectivity index (χ1n) is 2.67. The third-order valence-corrected chi connectivity index (χ3v) is 1.38. The zero-order chi connectivity index (χ0) is 7.82. The summed E-state index contributed by atoms with van der Waals surface area (Å²) in [5.74, 6) is 0. The largest absolute Gasteiger partial charge is 0.444 e. The van der Waals surface area contributed by atoms with Crippen molar-refractivity contribution < 1.29 is 8.20 Å². The molecule has 1 aliphatic rings. The van der Waals surface area contributed by atoms with E-state index in [1.165, 1.54) is 0 Å². The second-order valence-corrected chi connectivity index (χ2v) is 2.50. The molecule has 0 bridgehead atoms. The van der Waals surface area contributed by atoms with Crippen LogP contribution in [0.25, 0.3) is 0 Å². The molecule has 10 heavy (non-hydrogen) atoms. The normalized spacial score (nSPS) is 18.9.